The maximum absolute atomic E-state index is 11.3. The van der Waals surface area contributed by atoms with Crippen LogP contribution in [0.25, 0.3) is 16.7 Å². The van der Waals surface area contributed by atoms with Crippen molar-refractivity contribution in [3.8, 4) is 22.6 Å². The average molecular weight is 435 g/mol. The third-order valence-electron chi connectivity index (χ3n) is 5.77. The van der Waals surface area contributed by atoms with Gasteiger partial charge >= 0.3 is 6.09 Å². The van der Waals surface area contributed by atoms with Crippen LogP contribution in [-0.2, 0) is 4.74 Å². The smallest absolute Gasteiger partial charge is 0.407 e. The zero-order chi connectivity index (χ0) is 22.9. The Bertz CT molecular complexity index is 1100. The summed E-state index contributed by atoms with van der Waals surface area (Å²) >= 11 is 0. The Labute approximate surface area is 189 Å². The van der Waals surface area contributed by atoms with E-state index in [1.54, 1.807) is 14.2 Å². The molecule has 0 bridgehead atoms. The molecule has 0 saturated carbocycles. The predicted molar refractivity (Wildman–Crippen MR) is 127 cm³/mol. The Morgan fingerprint density at radius 1 is 1.22 bits per heavy atom. The van der Waals surface area contributed by atoms with Gasteiger partial charge in [-0.2, -0.15) is 0 Å². The molecule has 0 radical (unpaired) electrons. The molecule has 2 N–H and O–H groups in total. The zero-order valence-electron chi connectivity index (χ0n) is 19.2. The minimum Gasteiger partial charge on any atom is -0.496 e. The van der Waals surface area contributed by atoms with Crippen LogP contribution in [0.15, 0.2) is 48.6 Å². The van der Waals surface area contributed by atoms with Crippen molar-refractivity contribution in [3.05, 3.63) is 59.7 Å². The van der Waals surface area contributed by atoms with E-state index in [0.717, 1.165) is 33.9 Å². The Balaban J connectivity index is 1.77. The molecule has 0 saturated heterocycles. The Hall–Kier alpha value is -3.41. The fourth-order valence-corrected chi connectivity index (χ4v) is 4.60. The first kappa shape index (κ1) is 21.8. The molecule has 0 spiro atoms. The van der Waals surface area contributed by atoms with Gasteiger partial charge in [-0.3, -0.25) is 0 Å². The first-order chi connectivity index (χ1) is 15.3. The van der Waals surface area contributed by atoms with Crippen LogP contribution in [0.5, 0.6) is 11.5 Å². The van der Waals surface area contributed by atoms with E-state index in [1.165, 1.54) is 11.1 Å². The second-order valence-corrected chi connectivity index (χ2v) is 8.62. The molecule has 2 heterocycles. The monoisotopic (exact) mass is 434 g/mol. The zero-order valence-corrected chi connectivity index (χ0v) is 19.2. The number of hydrogen-bond donors (Lipinski definition) is 2. The maximum atomic E-state index is 11.3. The van der Waals surface area contributed by atoms with Crippen molar-refractivity contribution in [3.63, 3.8) is 0 Å². The molecule has 2 aliphatic rings. The largest absolute Gasteiger partial charge is 0.496 e. The van der Waals surface area contributed by atoms with Crippen LogP contribution in [-0.4, -0.2) is 32.4 Å². The lowest BCUT2D eigenvalue weighted by Crippen LogP contribution is -2.32. The number of anilines is 1. The summed E-state index contributed by atoms with van der Waals surface area (Å²) in [6, 6.07) is 10.2. The van der Waals surface area contributed by atoms with Crippen molar-refractivity contribution in [1.29, 1.82) is 0 Å². The van der Waals surface area contributed by atoms with Gasteiger partial charge in [-0.1, -0.05) is 30.4 Å². The molecule has 1 amide bonds. The molecular weight excluding hydrogens is 404 g/mol. The molecule has 0 fully saturated rings. The first-order valence-corrected chi connectivity index (χ1v) is 10.8. The summed E-state index contributed by atoms with van der Waals surface area (Å²) in [4.78, 5) is 11.3. The van der Waals surface area contributed by atoms with E-state index in [2.05, 4.69) is 49.6 Å². The third kappa shape index (κ3) is 4.05. The molecule has 2 aromatic carbocycles. The number of hydrogen-bond acceptors (Lipinski definition) is 5. The summed E-state index contributed by atoms with van der Waals surface area (Å²) in [5.41, 5.74) is 6.63. The van der Waals surface area contributed by atoms with Crippen molar-refractivity contribution >= 4 is 17.4 Å². The van der Waals surface area contributed by atoms with Gasteiger partial charge in [0.15, 0.2) is 0 Å². The summed E-state index contributed by atoms with van der Waals surface area (Å²) < 4.78 is 17.2. The van der Waals surface area contributed by atoms with Crippen LogP contribution in [0.1, 0.15) is 44.4 Å². The molecule has 0 aromatic heterocycles. The third-order valence-corrected chi connectivity index (χ3v) is 5.77. The van der Waals surface area contributed by atoms with E-state index in [0.29, 0.717) is 6.42 Å². The van der Waals surface area contributed by atoms with Gasteiger partial charge in [-0.05, 0) is 50.1 Å². The van der Waals surface area contributed by atoms with Gasteiger partial charge in [0.05, 0.1) is 18.2 Å². The van der Waals surface area contributed by atoms with Gasteiger partial charge in [0.25, 0.3) is 0 Å². The number of nitrogens with one attached hydrogen (secondary N) is 2. The molecule has 0 aliphatic carbocycles. The second kappa shape index (κ2) is 8.61. The molecular formula is C26H30N2O4. The molecule has 32 heavy (non-hydrogen) atoms. The van der Waals surface area contributed by atoms with Gasteiger partial charge in [-0.15, -0.1) is 0 Å². The highest BCUT2D eigenvalue weighted by atomic mass is 16.5. The van der Waals surface area contributed by atoms with E-state index in [9.17, 15) is 4.79 Å². The Kier molecular flexibility index (Phi) is 5.87. The van der Waals surface area contributed by atoms with E-state index in [4.69, 9.17) is 14.2 Å². The highest BCUT2D eigenvalue weighted by Crippen LogP contribution is 2.52. The van der Waals surface area contributed by atoms with Crippen molar-refractivity contribution < 1.29 is 19.0 Å². The average Bonchev–Trinajstić information content (AvgIpc) is 2.76. The molecule has 4 rings (SSSR count). The lowest BCUT2D eigenvalue weighted by atomic mass is 9.81. The summed E-state index contributed by atoms with van der Waals surface area (Å²) in [6.45, 7) is 6.70. The number of fused-ring (bicyclic) bond motifs is 5. The van der Waals surface area contributed by atoms with Gasteiger partial charge < -0.3 is 24.8 Å². The van der Waals surface area contributed by atoms with Crippen LogP contribution in [0, 0.1) is 0 Å². The number of carbonyl (C=O) groups excluding carboxylic acids is 1. The van der Waals surface area contributed by atoms with Gasteiger partial charge in [0.1, 0.15) is 24.2 Å². The fraction of sp³-hybridized carbons (Fsp3) is 0.346. The number of alkyl carbamates (subject to hydrolysis) is 1. The van der Waals surface area contributed by atoms with Crippen molar-refractivity contribution in [2.24, 2.45) is 0 Å². The summed E-state index contributed by atoms with van der Waals surface area (Å²) in [6.07, 6.45) is 6.13. The van der Waals surface area contributed by atoms with Crippen LogP contribution < -0.4 is 20.1 Å². The molecule has 168 valence electrons. The normalized spacial score (nSPS) is 17.8. The number of amides is 1. The van der Waals surface area contributed by atoms with Gasteiger partial charge in [0, 0.05) is 30.3 Å². The summed E-state index contributed by atoms with van der Waals surface area (Å²) in [5, 5.41) is 6.08. The van der Waals surface area contributed by atoms with Gasteiger partial charge in [0.2, 0.25) is 0 Å². The second-order valence-electron chi connectivity index (χ2n) is 8.62. The van der Waals surface area contributed by atoms with E-state index < -0.39 is 6.09 Å². The number of methoxy groups -OCH3 is 1. The van der Waals surface area contributed by atoms with Gasteiger partial charge in [-0.25, -0.2) is 4.79 Å². The lowest BCUT2D eigenvalue weighted by Gasteiger charge is -2.37. The summed E-state index contributed by atoms with van der Waals surface area (Å²) in [5.74, 6) is 1.60. The Morgan fingerprint density at radius 3 is 2.78 bits per heavy atom. The summed E-state index contributed by atoms with van der Waals surface area (Å²) in [7, 11) is 3.23. The number of allylic oxidation sites excluding steroid dienone is 1. The quantitative estimate of drug-likeness (QED) is 0.591. The lowest BCUT2D eigenvalue weighted by molar-refractivity contribution is 0.160. The highest BCUT2D eigenvalue weighted by molar-refractivity contribution is 5.91. The van der Waals surface area contributed by atoms with Crippen molar-refractivity contribution in [2.45, 2.75) is 38.8 Å². The number of benzene rings is 2. The van der Waals surface area contributed by atoms with Crippen LogP contribution in [0.4, 0.5) is 10.5 Å². The Morgan fingerprint density at radius 2 is 2.03 bits per heavy atom. The molecule has 6 heteroatoms. The first-order valence-electron chi connectivity index (χ1n) is 10.8. The minimum absolute atomic E-state index is 0.122. The molecule has 1 atom stereocenters. The van der Waals surface area contributed by atoms with Crippen LogP contribution in [0.3, 0.4) is 0 Å². The topological polar surface area (TPSA) is 68.8 Å². The molecule has 6 nitrogen and oxygen atoms in total. The van der Waals surface area contributed by atoms with Crippen molar-refractivity contribution in [2.75, 3.05) is 26.1 Å². The van der Waals surface area contributed by atoms with E-state index >= 15 is 0 Å². The van der Waals surface area contributed by atoms with Crippen LogP contribution >= 0.6 is 0 Å². The maximum Gasteiger partial charge on any atom is 0.407 e. The standard InChI is InChI=1S/C26H30N2O4/c1-16-15-26(2,3)28-18-13-12-17-23-19(30-5)10-8-11-20(23)32-21(24(17)22(16)18)9-6-7-14-31-25(29)27-4/h6-8,10-13,15,21,28H,9,14H2,1-5H3,(H,27,29). The molecule has 1 unspecified atom stereocenters. The van der Waals surface area contributed by atoms with E-state index in [1.807, 2.05) is 30.4 Å². The minimum atomic E-state index is -0.446. The SMILES string of the molecule is CNC(=O)OCC=CCC1Oc2cccc(OC)c2-c2ccc3c(c21)C(C)=CC(C)(C)N3. The van der Waals surface area contributed by atoms with E-state index in [-0.39, 0.29) is 18.2 Å². The van der Waals surface area contributed by atoms with Crippen LogP contribution in [0.2, 0.25) is 0 Å². The van der Waals surface area contributed by atoms with Crippen molar-refractivity contribution in [1.82, 2.24) is 5.32 Å². The number of ether oxygens (including phenoxy) is 3. The molecule has 2 aromatic rings. The highest BCUT2D eigenvalue weighted by Gasteiger charge is 2.34. The fourth-order valence-electron chi connectivity index (χ4n) is 4.60. The molecule has 2 aliphatic heterocycles. The number of carbonyl (C=O) groups is 1. The predicted octanol–water partition coefficient (Wildman–Crippen LogP) is 5.71. The number of rotatable bonds is 5.